The van der Waals surface area contributed by atoms with Gasteiger partial charge in [-0.2, -0.15) is 10.2 Å². The summed E-state index contributed by atoms with van der Waals surface area (Å²) in [5, 5.41) is 15.7. The van der Waals surface area contributed by atoms with E-state index in [1.54, 1.807) is 0 Å². The van der Waals surface area contributed by atoms with Crippen LogP contribution in [0, 0.1) is 0 Å². The third-order valence-electron chi connectivity index (χ3n) is 4.50. The zero-order chi connectivity index (χ0) is 18.4. The third-order valence-corrected chi connectivity index (χ3v) is 4.50. The van der Waals surface area contributed by atoms with Crippen LogP contribution >= 0.6 is 0 Å². The molecule has 0 heterocycles. The molecule has 25 heavy (non-hydrogen) atoms. The summed E-state index contributed by atoms with van der Waals surface area (Å²) in [6, 6.07) is 9.01. The van der Waals surface area contributed by atoms with Crippen molar-refractivity contribution in [2.45, 2.75) is 51.9 Å². The first-order valence-corrected chi connectivity index (χ1v) is 8.99. The van der Waals surface area contributed by atoms with Crippen molar-refractivity contribution in [1.82, 2.24) is 10.6 Å². The molecule has 0 radical (unpaired) electrons. The van der Waals surface area contributed by atoms with Crippen LogP contribution in [0.15, 0.2) is 58.4 Å². The summed E-state index contributed by atoms with van der Waals surface area (Å²) < 4.78 is 0. The average Bonchev–Trinajstić information content (AvgIpc) is 2.61. The smallest absolute Gasteiger partial charge is 0.154 e. The van der Waals surface area contributed by atoms with Gasteiger partial charge < -0.3 is 10.2 Å². The van der Waals surface area contributed by atoms with Gasteiger partial charge in [-0.15, -0.1) is 0 Å². The van der Waals surface area contributed by atoms with Crippen LogP contribution in [0.25, 0.3) is 0 Å². The first kappa shape index (κ1) is 19.2. The number of hydrogen-bond donors (Lipinski definition) is 2. The van der Waals surface area contributed by atoms with E-state index < -0.39 is 5.66 Å². The number of azo groups is 1. The lowest BCUT2D eigenvalue weighted by Crippen LogP contribution is -2.39. The number of nitrogens with zero attached hydrogens (tertiary/aromatic N) is 3. The maximum atomic E-state index is 4.66. The molecule has 0 saturated carbocycles. The Morgan fingerprint density at radius 1 is 1.08 bits per heavy atom. The Hall–Kier alpha value is -2.14. The predicted molar refractivity (Wildman–Crippen MR) is 106 cm³/mol. The van der Waals surface area contributed by atoms with E-state index in [0.29, 0.717) is 12.1 Å². The van der Waals surface area contributed by atoms with Crippen molar-refractivity contribution >= 4 is 11.4 Å². The van der Waals surface area contributed by atoms with Crippen LogP contribution in [0.5, 0.6) is 0 Å². The van der Waals surface area contributed by atoms with Gasteiger partial charge in [-0.1, -0.05) is 18.2 Å². The fourth-order valence-corrected chi connectivity index (χ4v) is 3.19. The molecule has 1 atom stereocenters. The summed E-state index contributed by atoms with van der Waals surface area (Å²) in [6.45, 7) is 8.82. The number of nitrogens with one attached hydrogen (secondary N) is 2. The largest absolute Gasteiger partial charge is 0.388 e. The van der Waals surface area contributed by atoms with Gasteiger partial charge in [-0.3, -0.25) is 5.32 Å². The van der Waals surface area contributed by atoms with Gasteiger partial charge in [0, 0.05) is 31.2 Å². The molecule has 1 aliphatic carbocycles. The molecule has 2 N–H and O–H groups in total. The Kier molecular flexibility index (Phi) is 6.37. The van der Waals surface area contributed by atoms with Crippen LogP contribution < -0.4 is 15.5 Å². The molecule has 0 bridgehead atoms. The maximum absolute atomic E-state index is 4.66. The molecule has 1 aliphatic rings. The zero-order valence-electron chi connectivity index (χ0n) is 16.2. The highest BCUT2D eigenvalue weighted by molar-refractivity contribution is 5.67. The number of benzene rings is 1. The fourth-order valence-electron chi connectivity index (χ4n) is 3.19. The van der Waals surface area contributed by atoms with E-state index in [9.17, 15) is 0 Å². The summed E-state index contributed by atoms with van der Waals surface area (Å²) in [4.78, 5) is 2.37. The molecule has 1 aromatic rings. The lowest BCUT2D eigenvalue weighted by Gasteiger charge is -2.34. The van der Waals surface area contributed by atoms with Crippen LogP contribution in [0.2, 0.25) is 0 Å². The standard InChI is InChI=1S/C20H31N5/c1-15(2)25(16(3)4)19-10-8-7-9-18(19)23-24-20(22-6)13-11-17(21-5)12-14-20/h7-13,15-16,21-22H,14H2,1-6H3. The Labute approximate surface area is 151 Å². The molecule has 1 aromatic carbocycles. The van der Waals surface area contributed by atoms with Gasteiger partial charge in [0.1, 0.15) is 5.69 Å². The molecule has 136 valence electrons. The van der Waals surface area contributed by atoms with E-state index in [2.05, 4.69) is 77.7 Å². The second kappa shape index (κ2) is 8.30. The number of hydrogen-bond acceptors (Lipinski definition) is 5. The van der Waals surface area contributed by atoms with Gasteiger partial charge in [0.05, 0.1) is 5.69 Å². The maximum Gasteiger partial charge on any atom is 0.154 e. The third kappa shape index (κ3) is 4.48. The first-order valence-electron chi connectivity index (χ1n) is 8.99. The van der Waals surface area contributed by atoms with Gasteiger partial charge >= 0.3 is 0 Å². The van der Waals surface area contributed by atoms with Crippen LogP contribution in [0.3, 0.4) is 0 Å². The molecule has 0 spiro atoms. The first-order chi connectivity index (χ1) is 11.9. The Bertz CT molecular complexity index is 652. The van der Waals surface area contributed by atoms with Crippen molar-refractivity contribution in [3.8, 4) is 0 Å². The molecule has 0 aromatic heterocycles. The van der Waals surface area contributed by atoms with Crippen LogP contribution in [-0.2, 0) is 0 Å². The van der Waals surface area contributed by atoms with E-state index in [-0.39, 0.29) is 0 Å². The monoisotopic (exact) mass is 341 g/mol. The highest BCUT2D eigenvalue weighted by Crippen LogP contribution is 2.33. The molecule has 0 amide bonds. The van der Waals surface area contributed by atoms with Crippen molar-refractivity contribution < 1.29 is 0 Å². The van der Waals surface area contributed by atoms with E-state index in [4.69, 9.17) is 0 Å². The van der Waals surface area contributed by atoms with Crippen molar-refractivity contribution in [1.29, 1.82) is 0 Å². The molecular weight excluding hydrogens is 310 g/mol. The number of allylic oxidation sites excluding steroid dienone is 1. The van der Waals surface area contributed by atoms with Crippen molar-refractivity contribution in [3.63, 3.8) is 0 Å². The highest BCUT2D eigenvalue weighted by Gasteiger charge is 2.26. The van der Waals surface area contributed by atoms with Gasteiger partial charge in [0.2, 0.25) is 0 Å². The Morgan fingerprint density at radius 3 is 2.28 bits per heavy atom. The molecule has 0 fully saturated rings. The lowest BCUT2D eigenvalue weighted by molar-refractivity contribution is 0.436. The molecule has 2 rings (SSSR count). The number of para-hydroxylation sites is 1. The van der Waals surface area contributed by atoms with Crippen LogP contribution in [0.1, 0.15) is 34.1 Å². The van der Waals surface area contributed by atoms with E-state index in [1.807, 2.05) is 32.3 Å². The summed E-state index contributed by atoms with van der Waals surface area (Å²) >= 11 is 0. The summed E-state index contributed by atoms with van der Waals surface area (Å²) in [5.74, 6) is 0. The lowest BCUT2D eigenvalue weighted by atomic mass is 10.0. The number of likely N-dealkylation sites (N-methyl/N-ethyl adjacent to an activating group) is 2. The van der Waals surface area contributed by atoms with Gasteiger partial charge in [0.15, 0.2) is 5.66 Å². The van der Waals surface area contributed by atoms with Gasteiger partial charge in [-0.05, 0) is 59.0 Å². The zero-order valence-corrected chi connectivity index (χ0v) is 16.2. The van der Waals surface area contributed by atoms with E-state index >= 15 is 0 Å². The van der Waals surface area contributed by atoms with E-state index in [1.165, 1.54) is 0 Å². The minimum atomic E-state index is -0.492. The van der Waals surface area contributed by atoms with Crippen LogP contribution in [0.4, 0.5) is 11.4 Å². The van der Waals surface area contributed by atoms with Gasteiger partial charge in [0.25, 0.3) is 0 Å². The Balaban J connectivity index is 2.33. The summed E-state index contributed by atoms with van der Waals surface area (Å²) in [7, 11) is 3.84. The van der Waals surface area contributed by atoms with Crippen LogP contribution in [-0.4, -0.2) is 31.8 Å². The normalized spacial score (nSPS) is 20.4. The molecule has 5 heteroatoms. The topological polar surface area (TPSA) is 52.0 Å². The second-order valence-electron chi connectivity index (χ2n) is 6.90. The Morgan fingerprint density at radius 2 is 1.76 bits per heavy atom. The second-order valence-corrected chi connectivity index (χ2v) is 6.90. The summed E-state index contributed by atoms with van der Waals surface area (Å²) in [6.07, 6.45) is 7.00. The average molecular weight is 342 g/mol. The minimum Gasteiger partial charge on any atom is -0.388 e. The quantitative estimate of drug-likeness (QED) is 0.724. The number of rotatable bonds is 7. The van der Waals surface area contributed by atoms with Gasteiger partial charge in [-0.25, -0.2) is 0 Å². The van der Waals surface area contributed by atoms with Crippen molar-refractivity contribution in [3.05, 3.63) is 48.2 Å². The molecule has 0 saturated heterocycles. The predicted octanol–water partition coefficient (Wildman–Crippen LogP) is 4.37. The molecule has 1 unspecified atom stereocenters. The molecule has 0 aliphatic heterocycles. The minimum absolute atomic E-state index is 0.394. The highest BCUT2D eigenvalue weighted by atomic mass is 15.3. The molecular formula is C20H31N5. The van der Waals surface area contributed by atoms with E-state index in [0.717, 1.165) is 23.5 Å². The fraction of sp³-hybridized carbons (Fsp3) is 0.500. The SMILES string of the molecule is CNC1=CCC(N=Nc2ccccc2N(C(C)C)C(C)C)(NC)C=C1. The van der Waals surface area contributed by atoms with Crippen molar-refractivity contribution in [2.75, 3.05) is 19.0 Å². The molecule has 5 nitrogen and oxygen atoms in total. The summed E-state index contributed by atoms with van der Waals surface area (Å²) in [5.41, 5.74) is 2.63. The number of anilines is 1. The van der Waals surface area contributed by atoms with Crippen molar-refractivity contribution in [2.24, 2.45) is 10.2 Å².